The number of rotatable bonds is 5. The van der Waals surface area contributed by atoms with E-state index in [1.54, 1.807) is 16.2 Å². The van der Waals surface area contributed by atoms with Crippen LogP contribution < -0.4 is 5.73 Å². The van der Waals surface area contributed by atoms with E-state index in [9.17, 15) is 4.79 Å². The number of likely N-dealkylation sites (N-methyl/N-ethyl adjacent to an activating group) is 1. The summed E-state index contributed by atoms with van der Waals surface area (Å²) in [7, 11) is 1.85. The molecule has 1 rings (SSSR count). The van der Waals surface area contributed by atoms with Crippen molar-refractivity contribution >= 4 is 29.7 Å². The lowest BCUT2D eigenvalue weighted by Gasteiger charge is -2.29. The number of amides is 1. The highest BCUT2D eigenvalue weighted by Crippen LogP contribution is 2.18. The Bertz CT molecular complexity index is 390. The second kappa shape index (κ2) is 7.12. The van der Waals surface area contributed by atoms with E-state index < -0.39 is 0 Å². The summed E-state index contributed by atoms with van der Waals surface area (Å²) in [4.78, 5) is 16.2. The van der Waals surface area contributed by atoms with E-state index in [1.165, 1.54) is 4.88 Å². The molecule has 0 spiro atoms. The van der Waals surface area contributed by atoms with Crippen LogP contribution in [0, 0.1) is 12.3 Å². The van der Waals surface area contributed by atoms with Gasteiger partial charge in [-0.15, -0.1) is 23.7 Å². The van der Waals surface area contributed by atoms with Crippen LogP contribution in [0.1, 0.15) is 23.6 Å². The predicted octanol–water partition coefficient (Wildman–Crippen LogP) is 2.46. The molecule has 2 N–H and O–H groups in total. The summed E-state index contributed by atoms with van der Waals surface area (Å²) < 4.78 is 0. The predicted molar refractivity (Wildman–Crippen MR) is 80.5 cm³/mol. The number of nitrogens with zero attached hydrogens (tertiary/aromatic N) is 1. The monoisotopic (exact) mass is 290 g/mol. The number of nitrogens with two attached hydrogens (primary N) is 1. The number of hydrogen-bond acceptors (Lipinski definition) is 3. The van der Waals surface area contributed by atoms with Gasteiger partial charge >= 0.3 is 0 Å². The molecule has 0 radical (unpaired) electrons. The maximum atomic E-state index is 12.0. The smallest absolute Gasteiger partial charge is 0.227 e. The maximum absolute atomic E-state index is 12.0. The molecule has 1 heterocycles. The van der Waals surface area contributed by atoms with E-state index >= 15 is 0 Å². The zero-order valence-electron chi connectivity index (χ0n) is 11.5. The van der Waals surface area contributed by atoms with Crippen LogP contribution in [0.15, 0.2) is 12.1 Å². The summed E-state index contributed by atoms with van der Waals surface area (Å²) >= 11 is 1.69. The number of carbonyl (C=O) groups excluding carboxylic acids is 1. The molecule has 0 fully saturated rings. The lowest BCUT2D eigenvalue weighted by molar-refractivity contribution is -0.130. The number of aryl methyl sites for hydroxylation is 1. The average Bonchev–Trinajstić information content (AvgIpc) is 2.63. The molecule has 0 unspecified atom stereocenters. The van der Waals surface area contributed by atoms with Gasteiger partial charge in [0, 0.05) is 23.3 Å². The topological polar surface area (TPSA) is 46.3 Å². The molecule has 0 atom stereocenters. The minimum atomic E-state index is -0.0181. The standard InChI is InChI=1S/C13H22N2OS.ClH/c1-10-5-6-11(17-10)7-12(16)15(4)9-13(2,3)8-14;/h5-6H,7-9,14H2,1-4H3;1H. The SMILES string of the molecule is Cc1ccc(CC(=O)N(C)CC(C)(C)CN)s1.Cl. The first kappa shape index (κ1) is 17.4. The highest BCUT2D eigenvalue weighted by atomic mass is 35.5. The minimum Gasteiger partial charge on any atom is -0.345 e. The molecule has 5 heteroatoms. The third-order valence-corrected chi connectivity index (χ3v) is 3.77. The Balaban J connectivity index is 0.00000289. The molecule has 0 saturated heterocycles. The van der Waals surface area contributed by atoms with Gasteiger partial charge in [-0.3, -0.25) is 4.79 Å². The van der Waals surface area contributed by atoms with Crippen molar-refractivity contribution < 1.29 is 4.79 Å². The van der Waals surface area contributed by atoms with E-state index in [-0.39, 0.29) is 23.7 Å². The van der Waals surface area contributed by atoms with E-state index in [2.05, 4.69) is 26.8 Å². The summed E-state index contributed by atoms with van der Waals surface area (Å²) in [6.45, 7) is 7.49. The van der Waals surface area contributed by atoms with Crippen LogP contribution in [0.3, 0.4) is 0 Å². The molecule has 0 saturated carbocycles. The van der Waals surface area contributed by atoms with Gasteiger partial charge in [-0.1, -0.05) is 13.8 Å². The summed E-state index contributed by atoms with van der Waals surface area (Å²) in [6, 6.07) is 4.08. The van der Waals surface area contributed by atoms with Crippen LogP contribution in [-0.4, -0.2) is 30.9 Å². The third kappa shape index (κ3) is 5.38. The molecule has 0 aliphatic carbocycles. The van der Waals surface area contributed by atoms with Crippen LogP contribution in [-0.2, 0) is 11.2 Å². The van der Waals surface area contributed by atoms with Crippen LogP contribution in [0.5, 0.6) is 0 Å². The number of carbonyl (C=O) groups is 1. The number of halogens is 1. The molecule has 18 heavy (non-hydrogen) atoms. The molecule has 0 aliphatic heterocycles. The Hall–Kier alpha value is -0.580. The third-order valence-electron chi connectivity index (χ3n) is 2.77. The summed E-state index contributed by atoms with van der Waals surface area (Å²) in [5.74, 6) is 0.161. The van der Waals surface area contributed by atoms with Crippen molar-refractivity contribution in [2.45, 2.75) is 27.2 Å². The Kier molecular flexibility index (Phi) is 6.89. The summed E-state index contributed by atoms with van der Waals surface area (Å²) in [5, 5.41) is 0. The fraction of sp³-hybridized carbons (Fsp3) is 0.615. The normalized spacial score (nSPS) is 10.9. The van der Waals surface area contributed by atoms with E-state index in [1.807, 2.05) is 13.1 Å². The largest absolute Gasteiger partial charge is 0.345 e. The van der Waals surface area contributed by atoms with Crippen molar-refractivity contribution in [3.8, 4) is 0 Å². The average molecular weight is 291 g/mol. The molecule has 1 aromatic heterocycles. The Morgan fingerprint density at radius 3 is 2.50 bits per heavy atom. The molecule has 0 aliphatic rings. The minimum absolute atomic E-state index is 0. The van der Waals surface area contributed by atoms with E-state index in [4.69, 9.17) is 5.73 Å². The number of thiophene rings is 1. The fourth-order valence-corrected chi connectivity index (χ4v) is 2.54. The zero-order chi connectivity index (χ0) is 13.1. The highest BCUT2D eigenvalue weighted by Gasteiger charge is 2.21. The summed E-state index contributed by atoms with van der Waals surface area (Å²) in [6.07, 6.45) is 0.496. The van der Waals surface area contributed by atoms with Gasteiger partial charge in [0.2, 0.25) is 5.91 Å². The van der Waals surface area contributed by atoms with Crippen molar-refractivity contribution in [1.29, 1.82) is 0 Å². The van der Waals surface area contributed by atoms with Crippen molar-refractivity contribution in [1.82, 2.24) is 4.90 Å². The molecular weight excluding hydrogens is 268 g/mol. The van der Waals surface area contributed by atoms with Crippen LogP contribution >= 0.6 is 23.7 Å². The second-order valence-electron chi connectivity index (χ2n) is 5.31. The maximum Gasteiger partial charge on any atom is 0.227 e. The molecule has 0 aromatic carbocycles. The van der Waals surface area contributed by atoms with Crippen molar-refractivity contribution in [3.63, 3.8) is 0 Å². The van der Waals surface area contributed by atoms with Gasteiger partial charge in [-0.25, -0.2) is 0 Å². The first-order valence-electron chi connectivity index (χ1n) is 5.83. The van der Waals surface area contributed by atoms with Crippen LogP contribution in [0.4, 0.5) is 0 Å². The molecule has 104 valence electrons. The van der Waals surface area contributed by atoms with E-state index in [0.29, 0.717) is 19.5 Å². The van der Waals surface area contributed by atoms with Gasteiger partial charge < -0.3 is 10.6 Å². The van der Waals surface area contributed by atoms with Crippen molar-refractivity contribution in [2.75, 3.05) is 20.1 Å². The van der Waals surface area contributed by atoms with Crippen LogP contribution in [0.2, 0.25) is 0 Å². The van der Waals surface area contributed by atoms with Gasteiger partial charge in [-0.05, 0) is 31.0 Å². The Morgan fingerprint density at radius 1 is 1.44 bits per heavy atom. The highest BCUT2D eigenvalue weighted by molar-refractivity contribution is 7.12. The van der Waals surface area contributed by atoms with Gasteiger partial charge in [0.25, 0.3) is 0 Å². The van der Waals surface area contributed by atoms with Gasteiger partial charge in [0.05, 0.1) is 6.42 Å². The quantitative estimate of drug-likeness (QED) is 0.905. The molecule has 1 amide bonds. The van der Waals surface area contributed by atoms with Gasteiger partial charge in [-0.2, -0.15) is 0 Å². The molecule has 1 aromatic rings. The molecular formula is C13H23ClN2OS. The molecule has 3 nitrogen and oxygen atoms in total. The summed E-state index contributed by atoms with van der Waals surface area (Å²) in [5.41, 5.74) is 5.66. The number of hydrogen-bond donors (Lipinski definition) is 1. The van der Waals surface area contributed by atoms with Crippen LogP contribution in [0.25, 0.3) is 0 Å². The lowest BCUT2D eigenvalue weighted by atomic mass is 9.93. The first-order valence-corrected chi connectivity index (χ1v) is 6.65. The fourth-order valence-electron chi connectivity index (χ4n) is 1.66. The molecule has 0 bridgehead atoms. The van der Waals surface area contributed by atoms with E-state index in [0.717, 1.165) is 4.88 Å². The Labute approximate surface area is 120 Å². The zero-order valence-corrected chi connectivity index (χ0v) is 13.2. The Morgan fingerprint density at radius 2 is 2.06 bits per heavy atom. The van der Waals surface area contributed by atoms with Crippen molar-refractivity contribution in [2.24, 2.45) is 11.1 Å². The second-order valence-corrected chi connectivity index (χ2v) is 6.68. The first-order chi connectivity index (χ1) is 7.84. The van der Waals surface area contributed by atoms with Crippen molar-refractivity contribution in [3.05, 3.63) is 21.9 Å². The lowest BCUT2D eigenvalue weighted by Crippen LogP contribution is -2.40. The van der Waals surface area contributed by atoms with Gasteiger partial charge in [0.1, 0.15) is 0 Å². The van der Waals surface area contributed by atoms with Gasteiger partial charge in [0.15, 0.2) is 0 Å².